The highest BCUT2D eigenvalue weighted by molar-refractivity contribution is 14.0. The van der Waals surface area contributed by atoms with Crippen molar-refractivity contribution in [2.45, 2.75) is 53.4 Å². The molecule has 0 aliphatic rings. The molecule has 140 valence electrons. The van der Waals surface area contributed by atoms with Crippen LogP contribution in [0.5, 0.6) is 0 Å². The quantitative estimate of drug-likeness (QED) is 0.286. The molecule has 1 heterocycles. The number of rotatable bonds is 10. The summed E-state index contributed by atoms with van der Waals surface area (Å²) in [7, 11) is 0. The van der Waals surface area contributed by atoms with Gasteiger partial charge in [-0.2, -0.15) is 4.98 Å². The summed E-state index contributed by atoms with van der Waals surface area (Å²) in [6.45, 7) is 10.6. The van der Waals surface area contributed by atoms with E-state index in [1.54, 1.807) is 0 Å². The van der Waals surface area contributed by atoms with E-state index < -0.39 is 0 Å². The average Bonchev–Trinajstić information content (AvgIpc) is 2.96. The topological polar surface area (TPSA) is 95.6 Å². The molecule has 1 aromatic rings. The fourth-order valence-corrected chi connectivity index (χ4v) is 2.46. The number of halogens is 1. The summed E-state index contributed by atoms with van der Waals surface area (Å²) in [6, 6.07) is 0. The summed E-state index contributed by atoms with van der Waals surface area (Å²) in [5.41, 5.74) is 0.0701. The van der Waals surface area contributed by atoms with Crippen LogP contribution in [0.1, 0.15) is 51.7 Å². The highest BCUT2D eigenvalue weighted by atomic mass is 127. The van der Waals surface area contributed by atoms with Crippen molar-refractivity contribution >= 4 is 29.9 Å². The van der Waals surface area contributed by atoms with Crippen LogP contribution in [0.4, 0.5) is 0 Å². The van der Waals surface area contributed by atoms with E-state index in [1.165, 1.54) is 0 Å². The maximum absolute atomic E-state index is 9.30. The molecule has 0 amide bonds. The van der Waals surface area contributed by atoms with Crippen LogP contribution in [-0.2, 0) is 6.42 Å². The molecular weight excluding hydrogens is 421 g/mol. The Morgan fingerprint density at radius 3 is 2.46 bits per heavy atom. The van der Waals surface area contributed by atoms with Crippen molar-refractivity contribution in [3.05, 3.63) is 11.7 Å². The van der Waals surface area contributed by atoms with E-state index in [2.05, 4.69) is 34.6 Å². The van der Waals surface area contributed by atoms with Gasteiger partial charge in [-0.1, -0.05) is 19.0 Å². The van der Waals surface area contributed by atoms with E-state index in [4.69, 9.17) is 9.52 Å². The zero-order valence-corrected chi connectivity index (χ0v) is 17.6. The number of nitrogens with one attached hydrogen (secondary N) is 2. The third kappa shape index (κ3) is 7.78. The van der Waals surface area contributed by atoms with Crippen molar-refractivity contribution in [1.82, 2.24) is 20.8 Å². The van der Waals surface area contributed by atoms with Gasteiger partial charge in [0.15, 0.2) is 11.8 Å². The maximum atomic E-state index is 9.30. The van der Waals surface area contributed by atoms with E-state index >= 15 is 0 Å². The number of aliphatic hydroxyl groups is 1. The summed E-state index contributed by atoms with van der Waals surface area (Å²) < 4.78 is 5.10. The maximum Gasteiger partial charge on any atom is 0.228 e. The molecule has 0 aliphatic heterocycles. The van der Waals surface area contributed by atoms with E-state index in [9.17, 15) is 5.11 Å². The lowest BCUT2D eigenvalue weighted by atomic mass is 9.79. The fourth-order valence-electron chi connectivity index (χ4n) is 2.46. The number of hydrogen-bond acceptors (Lipinski definition) is 5. The largest absolute Gasteiger partial charge is 0.396 e. The fraction of sp³-hybridized carbons (Fsp3) is 0.812. The van der Waals surface area contributed by atoms with Crippen LogP contribution in [0.2, 0.25) is 0 Å². The number of nitrogens with zero attached hydrogens (tertiary/aromatic N) is 3. The molecule has 0 aromatic carbocycles. The average molecular weight is 453 g/mol. The highest BCUT2D eigenvalue weighted by Crippen LogP contribution is 2.30. The Bertz CT molecular complexity index is 475. The van der Waals surface area contributed by atoms with Gasteiger partial charge in [0.25, 0.3) is 0 Å². The van der Waals surface area contributed by atoms with Gasteiger partial charge in [-0.15, -0.1) is 24.0 Å². The number of guanidine groups is 1. The normalized spacial score (nSPS) is 12.0. The first-order chi connectivity index (χ1) is 11.1. The van der Waals surface area contributed by atoms with Crippen molar-refractivity contribution in [3.63, 3.8) is 0 Å². The van der Waals surface area contributed by atoms with Crippen LogP contribution < -0.4 is 10.6 Å². The van der Waals surface area contributed by atoms with E-state index in [-0.39, 0.29) is 36.0 Å². The summed E-state index contributed by atoms with van der Waals surface area (Å²) in [6.07, 6.45) is 3.46. The number of aliphatic imine (C=N–C) groups is 1. The third-order valence-electron chi connectivity index (χ3n) is 4.26. The summed E-state index contributed by atoms with van der Waals surface area (Å²) in [5, 5.41) is 19.6. The lowest BCUT2D eigenvalue weighted by molar-refractivity contribution is 0.175. The van der Waals surface area contributed by atoms with Gasteiger partial charge < -0.3 is 20.3 Å². The molecule has 24 heavy (non-hydrogen) atoms. The lowest BCUT2D eigenvalue weighted by Crippen LogP contribution is -2.39. The minimum Gasteiger partial charge on any atom is -0.396 e. The van der Waals surface area contributed by atoms with Crippen molar-refractivity contribution in [2.24, 2.45) is 10.4 Å². The number of aliphatic hydroxyl groups excluding tert-OH is 1. The van der Waals surface area contributed by atoms with Gasteiger partial charge in [0, 0.05) is 32.7 Å². The Morgan fingerprint density at radius 2 is 1.96 bits per heavy atom. The van der Waals surface area contributed by atoms with Crippen LogP contribution in [0, 0.1) is 12.3 Å². The zero-order chi connectivity index (χ0) is 17.1. The third-order valence-corrected chi connectivity index (χ3v) is 4.26. The minimum atomic E-state index is 0. The Kier molecular flexibility index (Phi) is 12.0. The second kappa shape index (κ2) is 12.5. The standard InChI is InChI=1S/C16H31N5O2.HI/c1-5-16(6-2,9-11-22)12-19-15(17-7-3)18-10-8-14-20-13(4)21-23-14;/h22H,5-12H2,1-4H3,(H2,17,18,19);1H. The molecule has 0 saturated carbocycles. The van der Waals surface area contributed by atoms with Gasteiger partial charge in [0.2, 0.25) is 5.89 Å². The second-order valence-corrected chi connectivity index (χ2v) is 5.79. The van der Waals surface area contributed by atoms with Gasteiger partial charge in [-0.05, 0) is 38.5 Å². The van der Waals surface area contributed by atoms with Crippen molar-refractivity contribution in [3.8, 4) is 0 Å². The van der Waals surface area contributed by atoms with E-state index in [1.807, 2.05) is 13.8 Å². The molecule has 7 nitrogen and oxygen atoms in total. The monoisotopic (exact) mass is 453 g/mol. The highest BCUT2D eigenvalue weighted by Gasteiger charge is 2.25. The van der Waals surface area contributed by atoms with Gasteiger partial charge in [-0.3, -0.25) is 4.99 Å². The number of hydrogen-bond donors (Lipinski definition) is 3. The molecular formula is C16H32IN5O2. The van der Waals surface area contributed by atoms with Crippen LogP contribution >= 0.6 is 24.0 Å². The SMILES string of the molecule is CCNC(=NCC(CC)(CC)CCO)NCCc1nc(C)no1.I. The second-order valence-electron chi connectivity index (χ2n) is 5.79. The Morgan fingerprint density at radius 1 is 1.25 bits per heavy atom. The smallest absolute Gasteiger partial charge is 0.228 e. The molecule has 0 aliphatic carbocycles. The predicted octanol–water partition coefficient (Wildman–Crippen LogP) is 2.28. The number of aryl methyl sites for hydroxylation is 1. The summed E-state index contributed by atoms with van der Waals surface area (Å²) >= 11 is 0. The van der Waals surface area contributed by atoms with Crippen molar-refractivity contribution in [1.29, 1.82) is 0 Å². The molecule has 0 atom stereocenters. The summed E-state index contributed by atoms with van der Waals surface area (Å²) in [4.78, 5) is 8.88. The van der Waals surface area contributed by atoms with Crippen LogP contribution in [0.3, 0.4) is 0 Å². The minimum absolute atomic E-state index is 0. The van der Waals surface area contributed by atoms with Crippen molar-refractivity contribution in [2.75, 3.05) is 26.2 Å². The van der Waals surface area contributed by atoms with Crippen LogP contribution in [-0.4, -0.2) is 47.4 Å². The van der Waals surface area contributed by atoms with Crippen molar-refractivity contribution < 1.29 is 9.63 Å². The molecule has 0 radical (unpaired) electrons. The molecule has 8 heteroatoms. The zero-order valence-electron chi connectivity index (χ0n) is 15.3. The Balaban J connectivity index is 0.00000529. The summed E-state index contributed by atoms with van der Waals surface area (Å²) in [5.74, 6) is 2.07. The van der Waals surface area contributed by atoms with Crippen LogP contribution in [0.25, 0.3) is 0 Å². The van der Waals surface area contributed by atoms with Gasteiger partial charge in [0.05, 0.1) is 0 Å². The molecule has 0 unspecified atom stereocenters. The molecule has 3 N–H and O–H groups in total. The molecule has 1 aromatic heterocycles. The molecule has 1 rings (SSSR count). The van der Waals surface area contributed by atoms with E-state index in [0.29, 0.717) is 31.2 Å². The van der Waals surface area contributed by atoms with Crippen LogP contribution in [0.15, 0.2) is 9.52 Å². The first kappa shape index (κ1) is 23.1. The van der Waals surface area contributed by atoms with Gasteiger partial charge in [-0.25, -0.2) is 0 Å². The molecule has 0 saturated heterocycles. The Hall–Kier alpha value is -0.900. The number of aromatic nitrogens is 2. The first-order valence-electron chi connectivity index (χ1n) is 8.51. The Labute approximate surface area is 162 Å². The van der Waals surface area contributed by atoms with Gasteiger partial charge in [0.1, 0.15) is 0 Å². The molecule has 0 spiro atoms. The predicted molar refractivity (Wildman–Crippen MR) is 107 cm³/mol. The molecule has 0 bridgehead atoms. The van der Waals surface area contributed by atoms with E-state index in [0.717, 1.165) is 31.8 Å². The molecule has 0 fully saturated rings. The first-order valence-corrected chi connectivity index (χ1v) is 8.51. The lowest BCUT2D eigenvalue weighted by Gasteiger charge is -2.29. The van der Waals surface area contributed by atoms with Gasteiger partial charge >= 0.3 is 0 Å².